The number of rotatable bonds is 1. The van der Waals surface area contributed by atoms with Crippen LogP contribution in [0.3, 0.4) is 0 Å². The number of anilines is 1. The molecule has 0 saturated carbocycles. The van der Waals surface area contributed by atoms with Crippen molar-refractivity contribution in [2.45, 2.75) is 4.90 Å². The van der Waals surface area contributed by atoms with Crippen LogP contribution in [0.4, 0.5) is 5.69 Å². The van der Waals surface area contributed by atoms with Crippen molar-refractivity contribution in [3.05, 3.63) is 23.8 Å². The van der Waals surface area contributed by atoms with Gasteiger partial charge >= 0.3 is 29.6 Å². The molecule has 6 nitrogen and oxygen atoms in total. The van der Waals surface area contributed by atoms with Gasteiger partial charge in [0.2, 0.25) is 0 Å². The first kappa shape index (κ1) is 13.3. The molecule has 1 aromatic carbocycles. The smallest absolute Gasteiger partial charge is 1.00 e. The second-order valence-electron chi connectivity index (χ2n) is 2.97. The standard InChI is InChI=1S/C8H5NO5S.Na.H/c10-7-5-3-4(15(12,13)14)1-2-6(5)9-8(7)11;;/h1-3H,(H,9,10,11)(H,12,13,14);;/q;+1;-1. The SMILES string of the molecule is O=C1Nc2ccc(S(=O)(=O)O)cc2C1=O.[H-].[Na+]. The van der Waals surface area contributed by atoms with Crippen molar-refractivity contribution < 1.29 is 53.5 Å². The van der Waals surface area contributed by atoms with E-state index in [4.69, 9.17) is 4.55 Å². The van der Waals surface area contributed by atoms with Crippen molar-refractivity contribution in [1.82, 2.24) is 0 Å². The maximum absolute atomic E-state index is 11.2. The van der Waals surface area contributed by atoms with Crippen molar-refractivity contribution in [2.75, 3.05) is 5.32 Å². The van der Waals surface area contributed by atoms with Gasteiger partial charge in [0, 0.05) is 0 Å². The van der Waals surface area contributed by atoms with E-state index >= 15 is 0 Å². The molecular formula is C8H6NNaO5S. The fourth-order valence-electron chi connectivity index (χ4n) is 1.28. The van der Waals surface area contributed by atoms with Crippen LogP contribution in [-0.2, 0) is 14.9 Å². The topological polar surface area (TPSA) is 101 Å². The number of benzene rings is 1. The predicted molar refractivity (Wildman–Crippen MR) is 50.3 cm³/mol. The zero-order chi connectivity index (χ0) is 11.2. The van der Waals surface area contributed by atoms with E-state index in [1.54, 1.807) is 0 Å². The summed E-state index contributed by atoms with van der Waals surface area (Å²) in [7, 11) is -4.36. The van der Waals surface area contributed by atoms with E-state index in [1.807, 2.05) is 0 Å². The maximum Gasteiger partial charge on any atom is 1.00 e. The van der Waals surface area contributed by atoms with Crippen LogP contribution in [0.1, 0.15) is 11.8 Å². The van der Waals surface area contributed by atoms with Gasteiger partial charge in [-0.3, -0.25) is 14.1 Å². The fraction of sp³-hybridized carbons (Fsp3) is 0. The Morgan fingerprint density at radius 3 is 2.44 bits per heavy atom. The average Bonchev–Trinajstić information content (AvgIpc) is 2.41. The third-order valence-electron chi connectivity index (χ3n) is 1.99. The van der Waals surface area contributed by atoms with Crippen LogP contribution in [0.15, 0.2) is 23.1 Å². The molecule has 0 bridgehead atoms. The summed E-state index contributed by atoms with van der Waals surface area (Å²) in [5.74, 6) is -1.62. The first-order valence-electron chi connectivity index (χ1n) is 3.87. The summed E-state index contributed by atoms with van der Waals surface area (Å²) in [5.41, 5.74) is 0.201. The maximum atomic E-state index is 11.2. The van der Waals surface area contributed by atoms with Gasteiger partial charge in [-0.1, -0.05) is 0 Å². The average molecular weight is 251 g/mol. The van der Waals surface area contributed by atoms with Crippen molar-refractivity contribution in [3.63, 3.8) is 0 Å². The first-order valence-corrected chi connectivity index (χ1v) is 5.31. The number of fused-ring (bicyclic) bond motifs is 1. The summed E-state index contributed by atoms with van der Waals surface area (Å²) in [6.07, 6.45) is 0. The van der Waals surface area contributed by atoms with Crippen LogP contribution >= 0.6 is 0 Å². The minimum atomic E-state index is -4.36. The molecule has 0 aliphatic carbocycles. The first-order chi connectivity index (χ1) is 6.89. The van der Waals surface area contributed by atoms with Gasteiger partial charge in [0.25, 0.3) is 21.8 Å². The van der Waals surface area contributed by atoms with Crippen LogP contribution in [-0.4, -0.2) is 24.7 Å². The summed E-state index contributed by atoms with van der Waals surface area (Å²) in [6, 6.07) is 3.32. The summed E-state index contributed by atoms with van der Waals surface area (Å²) in [5, 5.41) is 2.26. The Kier molecular flexibility index (Phi) is 3.56. The number of carbonyl (C=O) groups excluding carboxylic acids is 2. The Hall–Kier alpha value is -0.730. The zero-order valence-corrected chi connectivity index (χ0v) is 11.0. The van der Waals surface area contributed by atoms with Gasteiger partial charge in [-0.15, -0.1) is 0 Å². The van der Waals surface area contributed by atoms with Crippen LogP contribution in [0, 0.1) is 0 Å². The molecule has 0 fully saturated rings. The second kappa shape index (κ2) is 4.27. The van der Waals surface area contributed by atoms with E-state index in [1.165, 1.54) is 6.07 Å². The number of amides is 1. The normalized spacial score (nSPS) is 14.1. The molecule has 0 spiro atoms. The van der Waals surface area contributed by atoms with Gasteiger partial charge in [-0.25, -0.2) is 0 Å². The second-order valence-corrected chi connectivity index (χ2v) is 4.39. The predicted octanol–water partition coefficient (Wildman–Crippen LogP) is -2.82. The summed E-state index contributed by atoms with van der Waals surface area (Å²) < 4.78 is 30.2. The Morgan fingerprint density at radius 1 is 1.25 bits per heavy atom. The molecular weight excluding hydrogens is 245 g/mol. The number of ketones is 1. The van der Waals surface area contributed by atoms with Gasteiger partial charge in [-0.05, 0) is 18.2 Å². The molecule has 80 valence electrons. The quantitative estimate of drug-likeness (QED) is 0.318. The minimum absolute atomic E-state index is 0. The molecule has 1 aliphatic rings. The van der Waals surface area contributed by atoms with Gasteiger partial charge in [0.15, 0.2) is 0 Å². The molecule has 1 aliphatic heterocycles. The largest absolute Gasteiger partial charge is 1.00 e. The molecule has 1 amide bonds. The van der Waals surface area contributed by atoms with Crippen molar-refractivity contribution >= 4 is 27.5 Å². The van der Waals surface area contributed by atoms with Gasteiger partial charge in [0.1, 0.15) is 0 Å². The molecule has 8 heteroatoms. The Morgan fingerprint density at radius 2 is 1.88 bits per heavy atom. The molecule has 0 saturated heterocycles. The molecule has 0 atom stereocenters. The molecule has 1 aromatic rings. The minimum Gasteiger partial charge on any atom is -1.00 e. The van der Waals surface area contributed by atoms with Crippen molar-refractivity contribution in [2.24, 2.45) is 0 Å². The Labute approximate surface area is 115 Å². The summed E-state index contributed by atoms with van der Waals surface area (Å²) >= 11 is 0. The molecule has 2 N–H and O–H groups in total. The molecule has 16 heavy (non-hydrogen) atoms. The zero-order valence-electron chi connectivity index (χ0n) is 9.22. The molecule has 0 aromatic heterocycles. The molecule has 1 heterocycles. The van der Waals surface area contributed by atoms with E-state index in [2.05, 4.69) is 5.32 Å². The Balaban J connectivity index is 0.00000128. The van der Waals surface area contributed by atoms with Gasteiger partial charge < -0.3 is 6.74 Å². The fourth-order valence-corrected chi connectivity index (χ4v) is 1.79. The van der Waals surface area contributed by atoms with Crippen LogP contribution < -0.4 is 34.9 Å². The van der Waals surface area contributed by atoms with Crippen LogP contribution in [0.5, 0.6) is 0 Å². The van der Waals surface area contributed by atoms with Crippen LogP contribution in [0.25, 0.3) is 0 Å². The number of hydrogen-bond acceptors (Lipinski definition) is 4. The van der Waals surface area contributed by atoms with E-state index in [0.717, 1.165) is 12.1 Å². The molecule has 2 rings (SSSR count). The Bertz CT molecular complexity index is 586. The molecule has 0 unspecified atom stereocenters. The van der Waals surface area contributed by atoms with Crippen molar-refractivity contribution in [3.8, 4) is 0 Å². The van der Waals surface area contributed by atoms with Gasteiger partial charge in [-0.2, -0.15) is 8.42 Å². The monoisotopic (exact) mass is 251 g/mol. The number of hydrogen-bond donors (Lipinski definition) is 2. The summed E-state index contributed by atoms with van der Waals surface area (Å²) in [4.78, 5) is 21.7. The third kappa shape index (κ3) is 2.18. The summed E-state index contributed by atoms with van der Waals surface area (Å²) in [6.45, 7) is 0. The van der Waals surface area contributed by atoms with Crippen LogP contribution in [0.2, 0.25) is 0 Å². The number of carbonyl (C=O) groups is 2. The number of nitrogens with one attached hydrogen (secondary N) is 1. The number of Topliss-reactive ketones (excluding diaryl/α,β-unsaturated/α-hetero) is 1. The van der Waals surface area contributed by atoms with E-state index in [-0.39, 0.29) is 42.2 Å². The van der Waals surface area contributed by atoms with E-state index in [9.17, 15) is 18.0 Å². The molecule has 0 radical (unpaired) electrons. The van der Waals surface area contributed by atoms with Crippen molar-refractivity contribution in [1.29, 1.82) is 0 Å². The van der Waals surface area contributed by atoms with E-state index < -0.39 is 26.7 Å². The third-order valence-corrected chi connectivity index (χ3v) is 2.84. The van der Waals surface area contributed by atoms with E-state index in [0.29, 0.717) is 0 Å². The van der Waals surface area contributed by atoms with Gasteiger partial charge in [0.05, 0.1) is 16.1 Å².